The quantitative estimate of drug-likeness (QED) is 0.787. The molecule has 1 fully saturated rings. The van der Waals surface area contributed by atoms with Crippen LogP contribution in [0.2, 0.25) is 0 Å². The SMILES string of the molecule is CCCc1cc(C(=O)N2CCC[C@@H](CCc3ccc(F)cc3)C2)no1. The fourth-order valence-corrected chi connectivity index (χ4v) is 3.45. The molecule has 0 saturated carbocycles. The van der Waals surface area contributed by atoms with E-state index in [0.29, 0.717) is 11.6 Å². The summed E-state index contributed by atoms with van der Waals surface area (Å²) in [5, 5.41) is 3.94. The number of aromatic nitrogens is 1. The molecule has 5 heteroatoms. The Hall–Kier alpha value is -2.17. The number of aryl methyl sites for hydroxylation is 2. The molecular formula is C20H25FN2O2. The van der Waals surface area contributed by atoms with Crippen LogP contribution >= 0.6 is 0 Å². The highest BCUT2D eigenvalue weighted by Gasteiger charge is 2.26. The summed E-state index contributed by atoms with van der Waals surface area (Å²) in [6, 6.07) is 8.46. The number of amides is 1. The second-order valence-corrected chi connectivity index (χ2v) is 6.85. The van der Waals surface area contributed by atoms with Gasteiger partial charge in [0.25, 0.3) is 5.91 Å². The molecule has 2 aromatic rings. The van der Waals surface area contributed by atoms with Crippen molar-refractivity contribution in [2.75, 3.05) is 13.1 Å². The van der Waals surface area contributed by atoms with Gasteiger partial charge in [0.1, 0.15) is 11.6 Å². The van der Waals surface area contributed by atoms with Crippen LogP contribution in [0, 0.1) is 11.7 Å². The van der Waals surface area contributed by atoms with E-state index in [0.717, 1.165) is 62.9 Å². The number of carbonyl (C=O) groups is 1. The van der Waals surface area contributed by atoms with Crippen LogP contribution in [0.1, 0.15) is 54.4 Å². The minimum absolute atomic E-state index is 0.0300. The van der Waals surface area contributed by atoms with Crippen molar-refractivity contribution in [3.05, 3.63) is 53.2 Å². The first-order chi connectivity index (χ1) is 12.2. The standard InChI is InChI=1S/C20H25FN2O2/c1-2-4-18-13-19(22-25-18)20(24)23-12-3-5-16(14-23)7-6-15-8-10-17(21)11-9-15/h8-11,13,16H,2-7,12,14H2,1H3/t16-/m0/s1. The van der Waals surface area contributed by atoms with E-state index >= 15 is 0 Å². The monoisotopic (exact) mass is 344 g/mol. The third-order valence-corrected chi connectivity index (χ3v) is 4.84. The molecular weight excluding hydrogens is 319 g/mol. The van der Waals surface area contributed by atoms with Crippen LogP contribution in [-0.4, -0.2) is 29.1 Å². The molecule has 0 spiro atoms. The topological polar surface area (TPSA) is 46.3 Å². The molecule has 134 valence electrons. The second-order valence-electron chi connectivity index (χ2n) is 6.85. The lowest BCUT2D eigenvalue weighted by Gasteiger charge is -2.32. The molecule has 1 aliphatic heterocycles. The first-order valence-electron chi connectivity index (χ1n) is 9.15. The average Bonchev–Trinajstić information content (AvgIpc) is 3.10. The summed E-state index contributed by atoms with van der Waals surface area (Å²) in [7, 11) is 0. The predicted molar refractivity (Wildman–Crippen MR) is 93.8 cm³/mol. The summed E-state index contributed by atoms with van der Waals surface area (Å²) in [4.78, 5) is 14.5. The number of likely N-dealkylation sites (tertiary alicyclic amines) is 1. The lowest BCUT2D eigenvalue weighted by molar-refractivity contribution is 0.0658. The lowest BCUT2D eigenvalue weighted by Crippen LogP contribution is -2.40. The Morgan fingerprint density at radius 2 is 2.12 bits per heavy atom. The zero-order chi connectivity index (χ0) is 17.6. The number of piperidine rings is 1. The van der Waals surface area contributed by atoms with E-state index in [1.807, 2.05) is 17.0 Å². The molecule has 4 nitrogen and oxygen atoms in total. The molecule has 0 aliphatic carbocycles. The van der Waals surface area contributed by atoms with Crippen molar-refractivity contribution in [2.45, 2.75) is 45.4 Å². The molecule has 1 atom stereocenters. The molecule has 1 aromatic carbocycles. The van der Waals surface area contributed by atoms with Crippen molar-refractivity contribution in [3.8, 4) is 0 Å². The number of nitrogens with zero attached hydrogens (tertiary/aromatic N) is 2. The summed E-state index contributed by atoms with van der Waals surface area (Å²) in [6.07, 6.45) is 5.84. The van der Waals surface area contributed by atoms with Gasteiger partial charge in [0, 0.05) is 25.6 Å². The summed E-state index contributed by atoms with van der Waals surface area (Å²) in [6.45, 7) is 3.61. The van der Waals surface area contributed by atoms with Gasteiger partial charge in [-0.05, 0) is 55.7 Å². The Balaban J connectivity index is 1.54. The van der Waals surface area contributed by atoms with Crippen molar-refractivity contribution < 1.29 is 13.7 Å². The van der Waals surface area contributed by atoms with Gasteiger partial charge in [0.2, 0.25) is 0 Å². The van der Waals surface area contributed by atoms with Crippen molar-refractivity contribution in [2.24, 2.45) is 5.92 Å². The van der Waals surface area contributed by atoms with Crippen LogP contribution in [0.3, 0.4) is 0 Å². The Bertz CT molecular complexity index is 696. The number of halogens is 1. The van der Waals surface area contributed by atoms with E-state index in [2.05, 4.69) is 12.1 Å². The molecule has 1 saturated heterocycles. The van der Waals surface area contributed by atoms with Crippen LogP contribution in [0.25, 0.3) is 0 Å². The molecule has 3 rings (SSSR count). The van der Waals surface area contributed by atoms with E-state index in [9.17, 15) is 9.18 Å². The highest BCUT2D eigenvalue weighted by atomic mass is 19.1. The minimum Gasteiger partial charge on any atom is -0.361 e. The Kier molecular flexibility index (Phi) is 5.84. The summed E-state index contributed by atoms with van der Waals surface area (Å²) in [5.41, 5.74) is 1.56. The summed E-state index contributed by atoms with van der Waals surface area (Å²) < 4.78 is 18.2. The van der Waals surface area contributed by atoms with Gasteiger partial charge < -0.3 is 9.42 Å². The molecule has 0 bridgehead atoms. The number of hydrogen-bond donors (Lipinski definition) is 0. The van der Waals surface area contributed by atoms with Crippen molar-refractivity contribution in [3.63, 3.8) is 0 Å². The van der Waals surface area contributed by atoms with Gasteiger partial charge in [-0.3, -0.25) is 4.79 Å². The highest BCUT2D eigenvalue weighted by Crippen LogP contribution is 2.23. The fraction of sp³-hybridized carbons (Fsp3) is 0.500. The van der Waals surface area contributed by atoms with Gasteiger partial charge in [-0.25, -0.2) is 4.39 Å². The second kappa shape index (κ2) is 8.28. The van der Waals surface area contributed by atoms with Gasteiger partial charge in [0.15, 0.2) is 5.69 Å². The third kappa shape index (κ3) is 4.68. The van der Waals surface area contributed by atoms with Gasteiger partial charge in [0.05, 0.1) is 0 Å². The lowest BCUT2D eigenvalue weighted by atomic mass is 9.91. The van der Waals surface area contributed by atoms with Crippen LogP contribution < -0.4 is 0 Å². The first-order valence-corrected chi connectivity index (χ1v) is 9.15. The summed E-state index contributed by atoms with van der Waals surface area (Å²) >= 11 is 0. The van der Waals surface area contributed by atoms with Crippen molar-refractivity contribution in [1.82, 2.24) is 10.1 Å². The number of benzene rings is 1. The van der Waals surface area contributed by atoms with E-state index in [1.54, 1.807) is 6.07 Å². The normalized spacial score (nSPS) is 17.7. The zero-order valence-electron chi connectivity index (χ0n) is 14.7. The Labute approximate surface area is 148 Å². The van der Waals surface area contributed by atoms with Gasteiger partial charge in [-0.15, -0.1) is 0 Å². The molecule has 1 aliphatic rings. The molecule has 2 heterocycles. The van der Waals surface area contributed by atoms with Crippen LogP contribution in [0.15, 0.2) is 34.9 Å². The third-order valence-electron chi connectivity index (χ3n) is 4.84. The van der Waals surface area contributed by atoms with E-state index in [4.69, 9.17) is 4.52 Å². The Morgan fingerprint density at radius 3 is 2.88 bits per heavy atom. The summed E-state index contributed by atoms with van der Waals surface area (Å²) in [5.74, 6) is 1.02. The largest absolute Gasteiger partial charge is 0.361 e. The van der Waals surface area contributed by atoms with Crippen LogP contribution in [0.4, 0.5) is 4.39 Å². The molecule has 25 heavy (non-hydrogen) atoms. The molecule has 1 aromatic heterocycles. The van der Waals surface area contributed by atoms with E-state index < -0.39 is 0 Å². The Morgan fingerprint density at radius 1 is 1.32 bits per heavy atom. The minimum atomic E-state index is -0.201. The van der Waals surface area contributed by atoms with Crippen molar-refractivity contribution in [1.29, 1.82) is 0 Å². The molecule has 1 amide bonds. The fourth-order valence-electron chi connectivity index (χ4n) is 3.45. The van der Waals surface area contributed by atoms with Crippen LogP contribution in [0.5, 0.6) is 0 Å². The molecule has 0 unspecified atom stereocenters. The smallest absolute Gasteiger partial charge is 0.276 e. The van der Waals surface area contributed by atoms with E-state index in [-0.39, 0.29) is 11.7 Å². The van der Waals surface area contributed by atoms with E-state index in [1.165, 1.54) is 12.1 Å². The predicted octanol–water partition coefficient (Wildman–Crippen LogP) is 4.25. The maximum atomic E-state index is 13.0. The maximum Gasteiger partial charge on any atom is 0.276 e. The van der Waals surface area contributed by atoms with Crippen molar-refractivity contribution >= 4 is 5.91 Å². The first kappa shape index (κ1) is 17.6. The number of carbonyl (C=O) groups excluding carboxylic acids is 1. The van der Waals surface area contributed by atoms with Gasteiger partial charge in [-0.1, -0.05) is 24.2 Å². The highest BCUT2D eigenvalue weighted by molar-refractivity contribution is 5.92. The van der Waals surface area contributed by atoms with Gasteiger partial charge >= 0.3 is 0 Å². The van der Waals surface area contributed by atoms with Crippen LogP contribution in [-0.2, 0) is 12.8 Å². The average molecular weight is 344 g/mol. The number of rotatable bonds is 6. The zero-order valence-corrected chi connectivity index (χ0v) is 14.7. The molecule has 0 radical (unpaired) electrons. The molecule has 0 N–H and O–H groups in total. The maximum absolute atomic E-state index is 13.0. The number of hydrogen-bond acceptors (Lipinski definition) is 3. The van der Waals surface area contributed by atoms with Gasteiger partial charge in [-0.2, -0.15) is 0 Å².